The Hall–Kier alpha value is -0.630. The van der Waals surface area contributed by atoms with Gasteiger partial charge >= 0.3 is 6.18 Å². The van der Waals surface area contributed by atoms with E-state index < -0.39 is 28.5 Å². The van der Waals surface area contributed by atoms with E-state index in [2.05, 4.69) is 4.18 Å². The first kappa shape index (κ1) is 15.4. The van der Waals surface area contributed by atoms with Crippen LogP contribution in [0.25, 0.3) is 0 Å². The highest BCUT2D eigenvalue weighted by molar-refractivity contribution is 7.85. The molecule has 0 rings (SSSR count). The quantitative estimate of drug-likeness (QED) is 0.517. The summed E-state index contributed by atoms with van der Waals surface area (Å²) < 4.78 is 60.5. The van der Waals surface area contributed by atoms with Gasteiger partial charge in [0.15, 0.2) is 0 Å². The van der Waals surface area contributed by atoms with Crippen LogP contribution in [0.2, 0.25) is 0 Å². The first-order chi connectivity index (χ1) is 7.13. The van der Waals surface area contributed by atoms with Crippen molar-refractivity contribution in [1.82, 2.24) is 0 Å². The number of carbonyl (C=O) groups is 1. The molecule has 0 atom stereocenters. The molecule has 4 nitrogen and oxygen atoms in total. The summed E-state index contributed by atoms with van der Waals surface area (Å²) in [6.45, 7) is -0.0704. The summed E-state index contributed by atoms with van der Waals surface area (Å²) in [6.07, 6.45) is -3.76. The highest BCUT2D eigenvalue weighted by Crippen LogP contribution is 2.19. The average Bonchev–Trinajstić information content (AvgIpc) is 2.07. The van der Waals surface area contributed by atoms with E-state index in [1.807, 2.05) is 0 Å². The summed E-state index contributed by atoms with van der Waals surface area (Å²) in [4.78, 5) is 10.4. The summed E-state index contributed by atoms with van der Waals surface area (Å²) in [6, 6.07) is 0. The van der Waals surface area contributed by atoms with Gasteiger partial charge in [0.25, 0.3) is 10.1 Å². The van der Waals surface area contributed by atoms with Crippen LogP contribution in [0.1, 0.15) is 25.7 Å². The molecule has 0 saturated carbocycles. The van der Waals surface area contributed by atoms with Crippen molar-refractivity contribution in [3.05, 3.63) is 0 Å². The molecule has 0 aliphatic heterocycles. The van der Waals surface area contributed by atoms with Crippen molar-refractivity contribution >= 4 is 15.9 Å². The van der Waals surface area contributed by atoms with Crippen LogP contribution in [-0.2, 0) is 19.1 Å². The monoisotopic (exact) mass is 262 g/mol. The van der Waals surface area contributed by atoms with Gasteiger partial charge in [-0.1, -0.05) is 6.42 Å². The number of carbonyl (C=O) groups excluding carboxylic acids is 1. The number of ketones is 1. The molecular formula is C8H13F3O4S. The predicted molar refractivity (Wildman–Crippen MR) is 50.3 cm³/mol. The molecule has 0 aliphatic rings. The van der Waals surface area contributed by atoms with Crippen molar-refractivity contribution in [2.75, 3.05) is 12.9 Å². The highest BCUT2D eigenvalue weighted by atomic mass is 32.2. The highest BCUT2D eigenvalue weighted by Gasteiger charge is 2.36. The maximum Gasteiger partial charge on any atom is 0.449 e. The Morgan fingerprint density at radius 3 is 2.19 bits per heavy atom. The number of rotatable bonds is 7. The van der Waals surface area contributed by atoms with Crippen molar-refractivity contribution in [3.8, 4) is 0 Å². The fourth-order valence-corrected chi connectivity index (χ4v) is 1.34. The third kappa shape index (κ3) is 8.66. The van der Waals surface area contributed by atoms with Gasteiger partial charge in [-0.15, -0.1) is 0 Å². The lowest BCUT2D eigenvalue weighted by atomic mass is 10.1. The number of hydrogen-bond acceptors (Lipinski definition) is 4. The Labute approximate surface area is 91.9 Å². The Balaban J connectivity index is 3.52. The molecule has 0 spiro atoms. The molecule has 0 radical (unpaired) electrons. The summed E-state index contributed by atoms with van der Waals surface area (Å²) in [7, 11) is -3.50. The third-order valence-electron chi connectivity index (χ3n) is 1.66. The second-order valence-corrected chi connectivity index (χ2v) is 4.90. The fraction of sp³-hybridized carbons (Fsp3) is 0.875. The standard InChI is InChI=1S/C8H13F3O4S/c1-16(13,14)15-6-4-2-3-5-7(12)8(9,10)11/h2-6H2,1H3. The van der Waals surface area contributed by atoms with E-state index in [4.69, 9.17) is 0 Å². The smallest absolute Gasteiger partial charge is 0.290 e. The summed E-state index contributed by atoms with van der Waals surface area (Å²) in [5, 5.41) is 0. The number of halogens is 3. The molecule has 0 bridgehead atoms. The zero-order valence-corrected chi connectivity index (χ0v) is 9.53. The molecular weight excluding hydrogens is 249 g/mol. The van der Waals surface area contributed by atoms with E-state index in [0.29, 0.717) is 12.8 Å². The number of unbranched alkanes of at least 4 members (excludes halogenated alkanes) is 2. The molecule has 96 valence electrons. The molecule has 8 heteroatoms. The van der Waals surface area contributed by atoms with Crippen LogP contribution in [0.5, 0.6) is 0 Å². The lowest BCUT2D eigenvalue weighted by Crippen LogP contribution is -2.22. The minimum absolute atomic E-state index is 0.0704. The van der Waals surface area contributed by atoms with Crippen LogP contribution >= 0.6 is 0 Å². The molecule has 0 fully saturated rings. The van der Waals surface area contributed by atoms with Gasteiger partial charge in [-0.2, -0.15) is 21.6 Å². The molecule has 0 aromatic heterocycles. The Kier molecular flexibility index (Phi) is 5.95. The summed E-state index contributed by atoms with van der Waals surface area (Å²) >= 11 is 0. The Bertz CT molecular complexity index is 321. The molecule has 0 aliphatic carbocycles. The average molecular weight is 262 g/mol. The second kappa shape index (κ2) is 6.19. The molecule has 0 heterocycles. The van der Waals surface area contributed by atoms with E-state index in [0.717, 1.165) is 6.26 Å². The van der Waals surface area contributed by atoms with E-state index in [-0.39, 0.29) is 13.0 Å². The van der Waals surface area contributed by atoms with Crippen molar-refractivity contribution < 1.29 is 30.6 Å². The van der Waals surface area contributed by atoms with Gasteiger partial charge in [0.1, 0.15) is 0 Å². The fourth-order valence-electron chi connectivity index (χ4n) is 0.916. The predicted octanol–water partition coefficient (Wildman–Crippen LogP) is 1.65. The van der Waals surface area contributed by atoms with Gasteiger partial charge in [0.05, 0.1) is 12.9 Å². The van der Waals surface area contributed by atoms with Crippen LogP contribution in [0, 0.1) is 0 Å². The van der Waals surface area contributed by atoms with Crippen molar-refractivity contribution in [3.63, 3.8) is 0 Å². The Morgan fingerprint density at radius 1 is 1.19 bits per heavy atom. The minimum Gasteiger partial charge on any atom is -0.290 e. The molecule has 0 N–H and O–H groups in total. The van der Waals surface area contributed by atoms with Crippen LogP contribution < -0.4 is 0 Å². The van der Waals surface area contributed by atoms with Gasteiger partial charge in [0, 0.05) is 6.42 Å². The molecule has 0 aromatic carbocycles. The number of hydrogen-bond donors (Lipinski definition) is 0. The van der Waals surface area contributed by atoms with E-state index in [1.165, 1.54) is 0 Å². The van der Waals surface area contributed by atoms with E-state index in [1.54, 1.807) is 0 Å². The van der Waals surface area contributed by atoms with Crippen molar-refractivity contribution in [2.24, 2.45) is 0 Å². The normalized spacial score (nSPS) is 12.8. The molecule has 16 heavy (non-hydrogen) atoms. The molecule has 0 aromatic rings. The van der Waals surface area contributed by atoms with Gasteiger partial charge < -0.3 is 0 Å². The number of Topliss-reactive ketones (excluding diaryl/α,β-unsaturated/α-hetero) is 1. The van der Waals surface area contributed by atoms with Gasteiger partial charge in [-0.3, -0.25) is 8.98 Å². The van der Waals surface area contributed by atoms with Gasteiger partial charge in [0.2, 0.25) is 5.78 Å². The summed E-state index contributed by atoms with van der Waals surface area (Å²) in [5.74, 6) is -1.75. The Morgan fingerprint density at radius 2 is 1.75 bits per heavy atom. The first-order valence-corrected chi connectivity index (χ1v) is 6.39. The maximum absolute atomic E-state index is 11.7. The lowest BCUT2D eigenvalue weighted by Gasteiger charge is -2.04. The summed E-state index contributed by atoms with van der Waals surface area (Å²) in [5.41, 5.74) is 0. The first-order valence-electron chi connectivity index (χ1n) is 4.57. The minimum atomic E-state index is -4.77. The molecule has 0 saturated heterocycles. The van der Waals surface area contributed by atoms with Crippen LogP contribution in [-0.4, -0.2) is 33.2 Å². The van der Waals surface area contributed by atoms with Crippen molar-refractivity contribution in [1.29, 1.82) is 0 Å². The topological polar surface area (TPSA) is 60.4 Å². The number of alkyl halides is 3. The largest absolute Gasteiger partial charge is 0.449 e. The zero-order chi connectivity index (χ0) is 12.8. The second-order valence-electron chi connectivity index (χ2n) is 3.26. The van der Waals surface area contributed by atoms with Crippen LogP contribution in [0.3, 0.4) is 0 Å². The van der Waals surface area contributed by atoms with Crippen LogP contribution in [0.15, 0.2) is 0 Å². The third-order valence-corrected chi connectivity index (χ3v) is 2.26. The maximum atomic E-state index is 11.7. The molecule has 0 unspecified atom stereocenters. The zero-order valence-electron chi connectivity index (χ0n) is 8.71. The van der Waals surface area contributed by atoms with E-state index >= 15 is 0 Å². The van der Waals surface area contributed by atoms with Crippen LogP contribution in [0.4, 0.5) is 13.2 Å². The van der Waals surface area contributed by atoms with Crippen molar-refractivity contribution in [2.45, 2.75) is 31.9 Å². The SMILES string of the molecule is CS(=O)(=O)OCCCCCC(=O)C(F)(F)F. The van der Waals surface area contributed by atoms with Gasteiger partial charge in [-0.05, 0) is 12.8 Å². The van der Waals surface area contributed by atoms with Gasteiger partial charge in [-0.25, -0.2) is 0 Å². The lowest BCUT2D eigenvalue weighted by molar-refractivity contribution is -0.171. The van der Waals surface area contributed by atoms with E-state index in [9.17, 15) is 26.4 Å². The molecule has 0 amide bonds.